The summed E-state index contributed by atoms with van der Waals surface area (Å²) in [6.45, 7) is 8.15. The lowest BCUT2D eigenvalue weighted by Gasteiger charge is -2.13. The van der Waals surface area contributed by atoms with Crippen molar-refractivity contribution in [2.24, 2.45) is 7.05 Å². The van der Waals surface area contributed by atoms with E-state index < -0.39 is 0 Å². The summed E-state index contributed by atoms with van der Waals surface area (Å²) in [5.74, 6) is 1.76. The molecular weight excluding hydrogens is 334 g/mol. The first kappa shape index (κ1) is 17.5. The van der Waals surface area contributed by atoms with E-state index in [4.69, 9.17) is 4.42 Å². The van der Waals surface area contributed by atoms with Crippen molar-refractivity contribution in [1.29, 1.82) is 0 Å². The van der Waals surface area contributed by atoms with Crippen molar-refractivity contribution >= 4 is 17.5 Å². The smallest absolute Gasteiger partial charge is 0.200 e. The molecule has 0 unspecified atom stereocenters. The van der Waals surface area contributed by atoms with E-state index in [1.54, 1.807) is 6.26 Å². The van der Waals surface area contributed by atoms with Crippen LogP contribution in [0.4, 0.5) is 0 Å². The SMILES string of the molecule is Cc1cc(C)c(C(=O)CSc2nnc(-c3ccco3)n2C)c(C)c1C. The lowest BCUT2D eigenvalue weighted by molar-refractivity contribution is 0.102. The molecule has 0 aliphatic rings. The molecule has 25 heavy (non-hydrogen) atoms. The molecule has 0 aliphatic heterocycles. The van der Waals surface area contributed by atoms with Crippen LogP contribution in [0.5, 0.6) is 0 Å². The zero-order valence-corrected chi connectivity index (χ0v) is 15.9. The predicted molar refractivity (Wildman–Crippen MR) is 99.1 cm³/mol. The summed E-state index contributed by atoms with van der Waals surface area (Å²) in [5, 5.41) is 9.03. The van der Waals surface area contributed by atoms with Crippen molar-refractivity contribution in [2.45, 2.75) is 32.9 Å². The summed E-state index contributed by atoms with van der Waals surface area (Å²) >= 11 is 1.39. The first-order valence-electron chi connectivity index (χ1n) is 8.06. The van der Waals surface area contributed by atoms with E-state index in [0.29, 0.717) is 22.5 Å². The predicted octanol–water partition coefficient (Wildman–Crippen LogP) is 4.28. The summed E-state index contributed by atoms with van der Waals surface area (Å²) in [4.78, 5) is 12.8. The van der Waals surface area contributed by atoms with Crippen molar-refractivity contribution in [2.75, 3.05) is 5.75 Å². The molecule has 0 radical (unpaired) electrons. The molecule has 5 nitrogen and oxygen atoms in total. The molecule has 3 aromatic rings. The van der Waals surface area contributed by atoms with Gasteiger partial charge in [0.15, 0.2) is 22.5 Å². The van der Waals surface area contributed by atoms with Crippen molar-refractivity contribution < 1.29 is 9.21 Å². The molecule has 0 bridgehead atoms. The molecular formula is C19H21N3O2S. The second kappa shape index (κ2) is 6.88. The van der Waals surface area contributed by atoms with Gasteiger partial charge in [0, 0.05) is 12.6 Å². The molecule has 0 N–H and O–H groups in total. The van der Waals surface area contributed by atoms with E-state index in [0.717, 1.165) is 16.7 Å². The van der Waals surface area contributed by atoms with Gasteiger partial charge in [0.05, 0.1) is 12.0 Å². The summed E-state index contributed by atoms with van der Waals surface area (Å²) in [7, 11) is 1.87. The van der Waals surface area contributed by atoms with E-state index >= 15 is 0 Å². The third-order valence-electron chi connectivity index (χ3n) is 4.54. The highest BCUT2D eigenvalue weighted by Gasteiger charge is 2.18. The lowest BCUT2D eigenvalue weighted by atomic mass is 9.92. The molecule has 0 saturated carbocycles. The van der Waals surface area contributed by atoms with Gasteiger partial charge in [0.25, 0.3) is 0 Å². The number of hydrogen-bond acceptors (Lipinski definition) is 5. The number of rotatable bonds is 5. The van der Waals surface area contributed by atoms with E-state index in [-0.39, 0.29) is 5.78 Å². The van der Waals surface area contributed by atoms with Gasteiger partial charge in [0.1, 0.15) is 0 Å². The van der Waals surface area contributed by atoms with Gasteiger partial charge < -0.3 is 8.98 Å². The Labute approximate surface area is 151 Å². The van der Waals surface area contributed by atoms with Crippen LogP contribution in [0, 0.1) is 27.7 Å². The molecule has 2 heterocycles. The van der Waals surface area contributed by atoms with E-state index in [9.17, 15) is 4.79 Å². The maximum absolute atomic E-state index is 12.8. The minimum absolute atomic E-state index is 0.116. The van der Waals surface area contributed by atoms with Crippen molar-refractivity contribution in [3.05, 3.63) is 52.3 Å². The topological polar surface area (TPSA) is 60.9 Å². The molecule has 2 aromatic heterocycles. The fraction of sp³-hybridized carbons (Fsp3) is 0.316. The van der Waals surface area contributed by atoms with Gasteiger partial charge in [-0.3, -0.25) is 4.79 Å². The van der Waals surface area contributed by atoms with Crippen LogP contribution >= 0.6 is 11.8 Å². The monoisotopic (exact) mass is 355 g/mol. The summed E-state index contributed by atoms with van der Waals surface area (Å²) < 4.78 is 7.21. The van der Waals surface area contributed by atoms with Crippen LogP contribution in [0.1, 0.15) is 32.6 Å². The fourth-order valence-corrected chi connectivity index (χ4v) is 3.76. The molecule has 0 atom stereocenters. The molecule has 1 aromatic carbocycles. The minimum Gasteiger partial charge on any atom is -0.461 e. The second-order valence-electron chi connectivity index (χ2n) is 6.19. The number of nitrogens with zero attached hydrogens (tertiary/aromatic N) is 3. The summed E-state index contributed by atoms with van der Waals surface area (Å²) in [6.07, 6.45) is 1.60. The maximum atomic E-state index is 12.8. The Kier molecular flexibility index (Phi) is 4.81. The molecule has 130 valence electrons. The first-order chi connectivity index (χ1) is 11.9. The van der Waals surface area contributed by atoms with Gasteiger partial charge >= 0.3 is 0 Å². The molecule has 3 rings (SSSR count). The number of thioether (sulfide) groups is 1. The number of carbonyl (C=O) groups is 1. The maximum Gasteiger partial charge on any atom is 0.200 e. The van der Waals surface area contributed by atoms with Crippen LogP contribution < -0.4 is 0 Å². The van der Waals surface area contributed by atoms with Gasteiger partial charge in [-0.2, -0.15) is 0 Å². The average Bonchev–Trinajstić information content (AvgIpc) is 3.20. The summed E-state index contributed by atoms with van der Waals surface area (Å²) in [6, 6.07) is 5.73. The highest BCUT2D eigenvalue weighted by molar-refractivity contribution is 7.99. The molecule has 0 saturated heterocycles. The highest BCUT2D eigenvalue weighted by Crippen LogP contribution is 2.26. The van der Waals surface area contributed by atoms with Gasteiger partial charge in [-0.15, -0.1) is 10.2 Å². The van der Waals surface area contributed by atoms with Gasteiger partial charge in [-0.05, 0) is 62.1 Å². The van der Waals surface area contributed by atoms with Gasteiger partial charge in [-0.25, -0.2) is 0 Å². The van der Waals surface area contributed by atoms with Crippen LogP contribution in [0.15, 0.2) is 34.0 Å². The Morgan fingerprint density at radius 2 is 1.92 bits per heavy atom. The zero-order chi connectivity index (χ0) is 18.1. The number of hydrogen-bond donors (Lipinski definition) is 0. The average molecular weight is 355 g/mol. The van der Waals surface area contributed by atoms with E-state index in [1.165, 1.54) is 22.9 Å². The number of ketones is 1. The zero-order valence-electron chi connectivity index (χ0n) is 15.1. The van der Waals surface area contributed by atoms with Gasteiger partial charge in [0.2, 0.25) is 0 Å². The third-order valence-corrected chi connectivity index (χ3v) is 5.56. The van der Waals surface area contributed by atoms with Gasteiger partial charge in [-0.1, -0.05) is 17.8 Å². The fourth-order valence-electron chi connectivity index (χ4n) is 2.98. The van der Waals surface area contributed by atoms with Crippen LogP contribution in [0.2, 0.25) is 0 Å². The number of benzene rings is 1. The summed E-state index contributed by atoms with van der Waals surface area (Å²) in [5.41, 5.74) is 5.31. The Hall–Kier alpha value is -2.34. The van der Waals surface area contributed by atoms with E-state index in [1.807, 2.05) is 37.6 Å². The Balaban J connectivity index is 1.79. The number of Topliss-reactive ketones (excluding diaryl/α,β-unsaturated/α-hetero) is 1. The van der Waals surface area contributed by atoms with Crippen LogP contribution in [0.3, 0.4) is 0 Å². The first-order valence-corrected chi connectivity index (χ1v) is 9.05. The number of carbonyl (C=O) groups excluding carboxylic acids is 1. The van der Waals surface area contributed by atoms with Crippen molar-refractivity contribution in [1.82, 2.24) is 14.8 Å². The molecule has 0 aliphatic carbocycles. The van der Waals surface area contributed by atoms with Crippen LogP contribution in [-0.2, 0) is 7.05 Å². The largest absolute Gasteiger partial charge is 0.461 e. The van der Waals surface area contributed by atoms with Crippen molar-refractivity contribution in [3.63, 3.8) is 0 Å². The van der Waals surface area contributed by atoms with E-state index in [2.05, 4.69) is 30.1 Å². The van der Waals surface area contributed by atoms with Crippen LogP contribution in [0.25, 0.3) is 11.6 Å². The third kappa shape index (κ3) is 3.26. The Bertz CT molecular complexity index is 927. The lowest BCUT2D eigenvalue weighted by Crippen LogP contribution is -2.10. The second-order valence-corrected chi connectivity index (χ2v) is 7.13. The highest BCUT2D eigenvalue weighted by atomic mass is 32.2. The number of aryl methyl sites for hydroxylation is 2. The Morgan fingerprint density at radius 3 is 2.60 bits per heavy atom. The quantitative estimate of drug-likeness (QED) is 0.505. The Morgan fingerprint density at radius 1 is 1.16 bits per heavy atom. The number of furan rings is 1. The molecule has 0 amide bonds. The standard InChI is InChI=1S/C19H21N3O2S/c1-11-9-12(2)17(14(4)13(11)3)15(23)10-25-19-21-20-18(22(19)5)16-7-6-8-24-16/h6-9H,10H2,1-5H3. The van der Waals surface area contributed by atoms with Crippen LogP contribution in [-0.4, -0.2) is 26.3 Å². The normalized spacial score (nSPS) is 11.1. The molecule has 0 fully saturated rings. The minimum atomic E-state index is 0.116. The van der Waals surface area contributed by atoms with Crippen molar-refractivity contribution in [3.8, 4) is 11.6 Å². The molecule has 0 spiro atoms. The molecule has 6 heteroatoms. The number of aromatic nitrogens is 3.